The third-order valence-corrected chi connectivity index (χ3v) is 7.73. The summed E-state index contributed by atoms with van der Waals surface area (Å²) in [7, 11) is -6.47. The van der Waals surface area contributed by atoms with Gasteiger partial charge in [0.05, 0.1) is 35.7 Å². The molecule has 0 bridgehead atoms. The topological polar surface area (TPSA) is 145 Å². The lowest BCUT2D eigenvalue weighted by Gasteiger charge is -2.26. The van der Waals surface area contributed by atoms with Crippen molar-refractivity contribution in [1.29, 1.82) is 0 Å². The number of methoxy groups -OCH3 is 1. The number of carbonyl (C=O) groups is 1. The Morgan fingerprint density at radius 1 is 1.10 bits per heavy atom. The fourth-order valence-electron chi connectivity index (χ4n) is 3.12. The average molecular weight is 470 g/mol. The smallest absolute Gasteiger partial charge is 0.259 e. The Balaban J connectivity index is 1.94. The summed E-state index contributed by atoms with van der Waals surface area (Å²) >= 11 is 0. The van der Waals surface area contributed by atoms with Gasteiger partial charge in [0.1, 0.15) is 5.75 Å². The molecule has 0 aromatic heterocycles. The minimum atomic E-state index is -4.03. The zero-order valence-electron chi connectivity index (χ0n) is 17.0. The lowest BCUT2D eigenvalue weighted by Crippen LogP contribution is -2.40. The SMILES string of the molecule is COc1ccc(S(N)(=O)=O)cc1C(=O)Nc1ccc(C)c(S(=O)(=O)N2CCOCC2)c1. The standard InChI is InChI=1S/C19H23N3O7S2/c1-13-3-4-14(11-18(13)31(26,27)22-7-9-29-10-8-22)21-19(23)16-12-15(30(20,24)25)5-6-17(16)28-2/h3-6,11-12H,7-10H2,1-2H3,(H,21,23)(H2,20,24,25). The van der Waals surface area contributed by atoms with E-state index in [1.807, 2.05) is 0 Å². The fourth-order valence-corrected chi connectivity index (χ4v) is 5.32. The predicted molar refractivity (Wildman–Crippen MR) is 113 cm³/mol. The number of anilines is 1. The second-order valence-electron chi connectivity index (χ2n) is 6.86. The number of rotatable bonds is 6. The molecule has 1 saturated heterocycles. The van der Waals surface area contributed by atoms with Crippen molar-refractivity contribution in [3.05, 3.63) is 47.5 Å². The van der Waals surface area contributed by atoms with Crippen molar-refractivity contribution < 1.29 is 31.1 Å². The van der Waals surface area contributed by atoms with E-state index in [1.54, 1.807) is 19.1 Å². The largest absolute Gasteiger partial charge is 0.496 e. The van der Waals surface area contributed by atoms with Crippen LogP contribution in [0.2, 0.25) is 0 Å². The number of benzene rings is 2. The van der Waals surface area contributed by atoms with Gasteiger partial charge >= 0.3 is 0 Å². The van der Waals surface area contributed by atoms with Crippen molar-refractivity contribution in [2.24, 2.45) is 5.14 Å². The van der Waals surface area contributed by atoms with Gasteiger partial charge in [0, 0.05) is 18.8 Å². The highest BCUT2D eigenvalue weighted by molar-refractivity contribution is 7.89. The Bertz CT molecular complexity index is 1210. The maximum atomic E-state index is 13.0. The third-order valence-electron chi connectivity index (χ3n) is 4.78. The van der Waals surface area contributed by atoms with Crippen LogP contribution in [0.1, 0.15) is 15.9 Å². The molecule has 168 valence electrons. The van der Waals surface area contributed by atoms with Gasteiger partial charge in [-0.25, -0.2) is 22.0 Å². The van der Waals surface area contributed by atoms with Gasteiger partial charge in [-0.1, -0.05) is 6.07 Å². The Kier molecular flexibility index (Phi) is 6.67. The van der Waals surface area contributed by atoms with Gasteiger partial charge in [0.15, 0.2) is 0 Å². The second kappa shape index (κ2) is 8.93. The lowest BCUT2D eigenvalue weighted by molar-refractivity contribution is 0.0730. The zero-order chi connectivity index (χ0) is 22.8. The number of amides is 1. The molecule has 0 atom stereocenters. The maximum Gasteiger partial charge on any atom is 0.259 e. The highest BCUT2D eigenvalue weighted by Crippen LogP contribution is 2.27. The summed E-state index contributed by atoms with van der Waals surface area (Å²) in [6, 6.07) is 8.15. The van der Waals surface area contributed by atoms with Crippen molar-refractivity contribution in [1.82, 2.24) is 4.31 Å². The number of ether oxygens (including phenoxy) is 2. The van der Waals surface area contributed by atoms with Crippen LogP contribution in [-0.4, -0.2) is 60.5 Å². The van der Waals surface area contributed by atoms with E-state index < -0.39 is 26.0 Å². The van der Waals surface area contributed by atoms with Crippen LogP contribution in [0.3, 0.4) is 0 Å². The van der Waals surface area contributed by atoms with Crippen LogP contribution in [0.5, 0.6) is 5.75 Å². The number of hydrogen-bond donors (Lipinski definition) is 2. The van der Waals surface area contributed by atoms with Crippen molar-refractivity contribution in [2.45, 2.75) is 16.7 Å². The first-order chi connectivity index (χ1) is 14.5. The number of sulfonamides is 2. The molecule has 1 amide bonds. The first-order valence-corrected chi connectivity index (χ1v) is 12.2. The molecule has 0 spiro atoms. The quantitative estimate of drug-likeness (QED) is 0.640. The summed E-state index contributed by atoms with van der Waals surface area (Å²) in [4.78, 5) is 12.6. The van der Waals surface area contributed by atoms with Crippen LogP contribution >= 0.6 is 0 Å². The first kappa shape index (κ1) is 23.2. The fraction of sp³-hybridized carbons (Fsp3) is 0.316. The van der Waals surface area contributed by atoms with Gasteiger partial charge in [0.25, 0.3) is 5.91 Å². The highest BCUT2D eigenvalue weighted by Gasteiger charge is 2.28. The van der Waals surface area contributed by atoms with E-state index in [4.69, 9.17) is 14.6 Å². The number of nitrogens with one attached hydrogen (secondary N) is 1. The van der Waals surface area contributed by atoms with E-state index in [9.17, 15) is 21.6 Å². The Morgan fingerprint density at radius 2 is 1.77 bits per heavy atom. The molecule has 1 aliphatic rings. The van der Waals surface area contributed by atoms with Crippen LogP contribution in [-0.2, 0) is 24.8 Å². The molecule has 0 saturated carbocycles. The molecule has 3 rings (SSSR count). The van der Waals surface area contributed by atoms with Gasteiger partial charge in [-0.2, -0.15) is 4.31 Å². The number of nitrogens with zero attached hydrogens (tertiary/aromatic N) is 1. The average Bonchev–Trinajstić information content (AvgIpc) is 2.74. The summed E-state index contributed by atoms with van der Waals surface area (Å²) in [5, 5.41) is 7.74. The summed E-state index contributed by atoms with van der Waals surface area (Å²) < 4.78 is 61.0. The van der Waals surface area contributed by atoms with Gasteiger partial charge in [0.2, 0.25) is 20.0 Å². The van der Waals surface area contributed by atoms with Crippen molar-refractivity contribution in [2.75, 3.05) is 38.7 Å². The third kappa shape index (κ3) is 5.05. The number of hydrogen-bond acceptors (Lipinski definition) is 7. The normalized spacial score (nSPS) is 15.5. The number of aryl methyl sites for hydroxylation is 1. The molecule has 2 aromatic rings. The lowest BCUT2D eigenvalue weighted by atomic mass is 10.1. The molecule has 1 heterocycles. The molecule has 10 nitrogen and oxygen atoms in total. The number of primary sulfonamides is 1. The van der Waals surface area contributed by atoms with E-state index in [-0.39, 0.29) is 39.9 Å². The molecular formula is C19H23N3O7S2. The molecule has 0 unspecified atom stereocenters. The molecule has 0 radical (unpaired) electrons. The van der Waals surface area contributed by atoms with Gasteiger partial charge in [-0.3, -0.25) is 4.79 Å². The van der Waals surface area contributed by atoms with Gasteiger partial charge in [-0.15, -0.1) is 0 Å². The Morgan fingerprint density at radius 3 is 2.39 bits per heavy atom. The molecule has 3 N–H and O–H groups in total. The second-order valence-corrected chi connectivity index (χ2v) is 10.3. The van der Waals surface area contributed by atoms with Crippen LogP contribution in [0.4, 0.5) is 5.69 Å². The van der Waals surface area contributed by atoms with E-state index in [1.165, 1.54) is 29.6 Å². The zero-order valence-corrected chi connectivity index (χ0v) is 18.6. The van der Waals surface area contributed by atoms with Crippen LogP contribution < -0.4 is 15.2 Å². The maximum absolute atomic E-state index is 13.0. The first-order valence-electron chi connectivity index (χ1n) is 9.25. The molecule has 2 aromatic carbocycles. The van der Waals surface area contributed by atoms with Gasteiger partial charge in [-0.05, 0) is 42.8 Å². The van der Waals surface area contributed by atoms with Crippen molar-refractivity contribution >= 4 is 31.6 Å². The minimum Gasteiger partial charge on any atom is -0.496 e. The molecule has 1 aliphatic heterocycles. The molecule has 31 heavy (non-hydrogen) atoms. The number of morpholine rings is 1. The summed E-state index contributed by atoms with van der Waals surface area (Å²) in [5.41, 5.74) is 0.691. The van der Waals surface area contributed by atoms with Crippen LogP contribution in [0, 0.1) is 6.92 Å². The Hall–Kier alpha value is -2.51. The van der Waals surface area contributed by atoms with E-state index in [0.717, 1.165) is 6.07 Å². The molecule has 1 fully saturated rings. The van der Waals surface area contributed by atoms with Crippen LogP contribution in [0.25, 0.3) is 0 Å². The van der Waals surface area contributed by atoms with E-state index in [2.05, 4.69) is 5.32 Å². The number of nitrogens with two attached hydrogens (primary N) is 1. The van der Waals surface area contributed by atoms with Crippen LogP contribution in [0.15, 0.2) is 46.2 Å². The minimum absolute atomic E-state index is 0.0628. The monoisotopic (exact) mass is 469 g/mol. The summed E-state index contributed by atoms with van der Waals surface area (Å²) in [5.74, 6) is -0.543. The summed E-state index contributed by atoms with van der Waals surface area (Å²) in [6.45, 7) is 2.78. The summed E-state index contributed by atoms with van der Waals surface area (Å²) in [6.07, 6.45) is 0. The highest BCUT2D eigenvalue weighted by atomic mass is 32.2. The van der Waals surface area contributed by atoms with E-state index >= 15 is 0 Å². The number of carbonyl (C=O) groups excluding carboxylic acids is 1. The molecular weight excluding hydrogens is 446 g/mol. The van der Waals surface area contributed by atoms with Gasteiger partial charge < -0.3 is 14.8 Å². The molecule has 0 aliphatic carbocycles. The van der Waals surface area contributed by atoms with Crippen molar-refractivity contribution in [3.63, 3.8) is 0 Å². The Labute approximate surface area is 181 Å². The predicted octanol–water partition coefficient (Wildman–Crippen LogP) is 0.924. The van der Waals surface area contributed by atoms with Crippen molar-refractivity contribution in [3.8, 4) is 5.75 Å². The van der Waals surface area contributed by atoms with E-state index in [0.29, 0.717) is 18.8 Å². The molecule has 12 heteroatoms.